The van der Waals surface area contributed by atoms with Gasteiger partial charge < -0.3 is 34.1 Å². The van der Waals surface area contributed by atoms with Crippen LogP contribution in [0.4, 0.5) is 5.69 Å². The van der Waals surface area contributed by atoms with Gasteiger partial charge >= 0.3 is 0 Å². The molecule has 0 saturated heterocycles. The first-order valence-corrected chi connectivity index (χ1v) is 12.5. The van der Waals surface area contributed by atoms with Crippen molar-refractivity contribution >= 4 is 33.9 Å². The second kappa shape index (κ2) is 12.3. The Hall–Kier alpha value is -4.24. The molecule has 1 aromatic heterocycles. The number of hydrogen-bond donors (Lipinski definition) is 2. The van der Waals surface area contributed by atoms with Gasteiger partial charge in [-0.2, -0.15) is 0 Å². The van der Waals surface area contributed by atoms with E-state index >= 15 is 0 Å². The Bertz CT molecular complexity index is 1470. The largest absolute Gasteiger partial charge is 0.493 e. The predicted molar refractivity (Wildman–Crippen MR) is 154 cm³/mol. The van der Waals surface area contributed by atoms with Gasteiger partial charge in [0, 0.05) is 29.2 Å². The predicted octanol–water partition coefficient (Wildman–Crippen LogP) is 5.00. The fraction of sp³-hybridized carbons (Fsp3) is 0.241. The highest BCUT2D eigenvalue weighted by Gasteiger charge is 2.16. The quantitative estimate of drug-likeness (QED) is 0.276. The van der Waals surface area contributed by atoms with Gasteiger partial charge in [0.15, 0.2) is 28.1 Å². The van der Waals surface area contributed by atoms with Crippen LogP contribution in [0.25, 0.3) is 10.9 Å². The number of benzene rings is 3. The zero-order chi connectivity index (χ0) is 27.1. The number of anilines is 1. The van der Waals surface area contributed by atoms with Gasteiger partial charge in [0.1, 0.15) is 0 Å². The van der Waals surface area contributed by atoms with Crippen molar-refractivity contribution in [1.29, 1.82) is 0 Å². The van der Waals surface area contributed by atoms with Crippen molar-refractivity contribution in [2.45, 2.75) is 13.0 Å². The number of rotatable bonds is 10. The van der Waals surface area contributed by atoms with Crippen molar-refractivity contribution in [3.8, 4) is 23.0 Å². The first kappa shape index (κ1) is 26.8. The molecule has 38 heavy (non-hydrogen) atoms. The molecule has 0 aliphatic heterocycles. The van der Waals surface area contributed by atoms with E-state index in [9.17, 15) is 4.79 Å². The van der Waals surface area contributed by atoms with Crippen LogP contribution in [0.3, 0.4) is 0 Å². The van der Waals surface area contributed by atoms with Crippen LogP contribution in [0.1, 0.15) is 11.1 Å². The number of aromatic amines is 1. The smallest absolute Gasteiger partial charge is 0.253 e. The van der Waals surface area contributed by atoms with E-state index in [0.29, 0.717) is 58.7 Å². The first-order valence-electron chi connectivity index (χ1n) is 12.1. The van der Waals surface area contributed by atoms with Crippen molar-refractivity contribution in [2.75, 3.05) is 40.3 Å². The van der Waals surface area contributed by atoms with Gasteiger partial charge in [-0.15, -0.1) is 0 Å². The number of ether oxygens (including phenoxy) is 4. The standard InChI is InChI=1S/C29H31N3O5S/c1-34-24-11-10-19(14-25(24)35-2)12-13-32(29(38)30-22-8-6-5-7-9-22)18-21-15-20-16-26(36-3)27(37-4)17-23(20)31-28(21)33/h5-11,14-17H,12-13,18H2,1-4H3,(H,30,38)(H,31,33). The molecule has 0 amide bonds. The molecule has 0 atom stereocenters. The highest BCUT2D eigenvalue weighted by Crippen LogP contribution is 2.31. The monoisotopic (exact) mass is 533 g/mol. The van der Waals surface area contributed by atoms with E-state index in [0.717, 1.165) is 16.6 Å². The number of thiocarbonyl (C=S) groups is 1. The van der Waals surface area contributed by atoms with Crippen LogP contribution < -0.4 is 29.8 Å². The summed E-state index contributed by atoms with van der Waals surface area (Å²) in [4.78, 5) is 18.0. The van der Waals surface area contributed by atoms with Crippen molar-refractivity contribution < 1.29 is 18.9 Å². The van der Waals surface area contributed by atoms with Gasteiger partial charge in [0.2, 0.25) is 0 Å². The normalized spacial score (nSPS) is 10.6. The molecule has 0 radical (unpaired) electrons. The third kappa shape index (κ3) is 6.18. The molecule has 0 aliphatic rings. The van der Waals surface area contributed by atoms with Gasteiger partial charge in [-0.25, -0.2) is 0 Å². The summed E-state index contributed by atoms with van der Waals surface area (Å²) >= 11 is 5.79. The minimum atomic E-state index is -0.191. The molecule has 9 heteroatoms. The average Bonchev–Trinajstić information content (AvgIpc) is 2.94. The summed E-state index contributed by atoms with van der Waals surface area (Å²) in [6.45, 7) is 0.878. The van der Waals surface area contributed by atoms with E-state index in [1.54, 1.807) is 34.5 Å². The summed E-state index contributed by atoms with van der Waals surface area (Å²) in [6.07, 6.45) is 0.674. The van der Waals surface area contributed by atoms with E-state index in [-0.39, 0.29) is 5.56 Å². The lowest BCUT2D eigenvalue weighted by Gasteiger charge is -2.26. The van der Waals surface area contributed by atoms with Gasteiger partial charge in [0.05, 0.1) is 40.5 Å². The summed E-state index contributed by atoms with van der Waals surface area (Å²) < 4.78 is 21.6. The third-order valence-electron chi connectivity index (χ3n) is 6.22. The van der Waals surface area contributed by atoms with E-state index in [2.05, 4.69) is 10.3 Å². The molecule has 198 valence electrons. The van der Waals surface area contributed by atoms with Crippen molar-refractivity contribution in [3.63, 3.8) is 0 Å². The van der Waals surface area contributed by atoms with Gasteiger partial charge in [-0.1, -0.05) is 24.3 Å². The second-order valence-corrected chi connectivity index (χ2v) is 8.96. The molecule has 2 N–H and O–H groups in total. The maximum atomic E-state index is 13.1. The number of para-hydroxylation sites is 1. The molecule has 8 nitrogen and oxygen atoms in total. The molecule has 0 spiro atoms. The van der Waals surface area contributed by atoms with Crippen molar-refractivity contribution in [2.24, 2.45) is 0 Å². The minimum Gasteiger partial charge on any atom is -0.493 e. The summed E-state index contributed by atoms with van der Waals surface area (Å²) in [6, 6.07) is 21.0. The first-order chi connectivity index (χ1) is 18.4. The Kier molecular flexibility index (Phi) is 8.70. The lowest BCUT2D eigenvalue weighted by molar-refractivity contribution is 0.354. The van der Waals surface area contributed by atoms with Crippen LogP contribution in [-0.4, -0.2) is 50.0 Å². The van der Waals surface area contributed by atoms with Gasteiger partial charge in [0.25, 0.3) is 5.56 Å². The van der Waals surface area contributed by atoms with Crippen LogP contribution in [-0.2, 0) is 13.0 Å². The number of hydrogen-bond acceptors (Lipinski definition) is 6. The summed E-state index contributed by atoms with van der Waals surface area (Å²) in [5, 5.41) is 4.64. The van der Waals surface area contributed by atoms with E-state index in [1.807, 2.05) is 65.6 Å². The van der Waals surface area contributed by atoms with Gasteiger partial charge in [-0.05, 0) is 60.6 Å². The average molecular weight is 534 g/mol. The third-order valence-corrected chi connectivity index (χ3v) is 6.58. The molecule has 0 aliphatic carbocycles. The molecule has 4 rings (SSSR count). The van der Waals surface area contributed by atoms with Crippen LogP contribution in [0.5, 0.6) is 23.0 Å². The Morgan fingerprint density at radius 1 is 0.842 bits per heavy atom. The number of aromatic nitrogens is 1. The SMILES string of the molecule is COc1ccc(CCN(Cc2cc3cc(OC)c(OC)cc3[nH]c2=O)C(=S)Nc2ccccc2)cc1OC. The number of nitrogens with one attached hydrogen (secondary N) is 2. The zero-order valence-corrected chi connectivity index (χ0v) is 22.7. The lowest BCUT2D eigenvalue weighted by atomic mass is 10.1. The van der Waals surface area contributed by atoms with E-state index in [4.69, 9.17) is 31.2 Å². The molecule has 0 unspecified atom stereocenters. The molecule has 1 heterocycles. The topological polar surface area (TPSA) is 85.0 Å². The Morgan fingerprint density at radius 2 is 1.50 bits per heavy atom. The van der Waals surface area contributed by atoms with Crippen molar-refractivity contribution in [1.82, 2.24) is 9.88 Å². The lowest BCUT2D eigenvalue weighted by Crippen LogP contribution is -2.37. The Labute approximate surface area is 227 Å². The van der Waals surface area contributed by atoms with Crippen LogP contribution in [0.15, 0.2) is 71.5 Å². The fourth-order valence-electron chi connectivity index (χ4n) is 4.18. The molecule has 0 bridgehead atoms. The molecule has 3 aromatic carbocycles. The zero-order valence-electron chi connectivity index (χ0n) is 21.9. The van der Waals surface area contributed by atoms with Crippen LogP contribution in [0, 0.1) is 0 Å². The number of fused-ring (bicyclic) bond motifs is 1. The summed E-state index contributed by atoms with van der Waals surface area (Å²) in [7, 11) is 6.37. The Morgan fingerprint density at radius 3 is 2.18 bits per heavy atom. The summed E-state index contributed by atoms with van der Waals surface area (Å²) in [5.41, 5.74) is 2.98. The maximum Gasteiger partial charge on any atom is 0.253 e. The second-order valence-electron chi connectivity index (χ2n) is 8.58. The van der Waals surface area contributed by atoms with E-state index < -0.39 is 0 Å². The number of pyridine rings is 1. The molecule has 0 saturated carbocycles. The molecular weight excluding hydrogens is 502 g/mol. The molecule has 4 aromatic rings. The maximum absolute atomic E-state index is 13.1. The van der Waals surface area contributed by atoms with Gasteiger partial charge in [-0.3, -0.25) is 4.79 Å². The summed E-state index contributed by atoms with van der Waals surface area (Å²) in [5.74, 6) is 2.47. The number of nitrogens with zero attached hydrogens (tertiary/aromatic N) is 1. The minimum absolute atomic E-state index is 0.191. The van der Waals surface area contributed by atoms with Crippen molar-refractivity contribution in [3.05, 3.63) is 88.2 Å². The Balaban J connectivity index is 1.63. The fourth-order valence-corrected chi connectivity index (χ4v) is 4.45. The molecule has 0 fully saturated rings. The highest BCUT2D eigenvalue weighted by molar-refractivity contribution is 7.80. The number of H-pyrrole nitrogens is 1. The van der Waals surface area contributed by atoms with Crippen LogP contribution in [0.2, 0.25) is 0 Å². The van der Waals surface area contributed by atoms with Crippen LogP contribution >= 0.6 is 12.2 Å². The number of methoxy groups -OCH3 is 4. The highest BCUT2D eigenvalue weighted by atomic mass is 32.1. The van der Waals surface area contributed by atoms with E-state index in [1.165, 1.54) is 0 Å². The molecular formula is C29H31N3O5S.